The van der Waals surface area contributed by atoms with Gasteiger partial charge < -0.3 is 9.05 Å². The molecule has 0 aliphatic rings. The Morgan fingerprint density at radius 1 is 0.657 bits per heavy atom. The molecule has 4 aromatic carbocycles. The number of aromatic nitrogens is 2. The van der Waals surface area contributed by atoms with Gasteiger partial charge in [0.15, 0.2) is 11.2 Å². The third-order valence-corrected chi connectivity index (χ3v) is 6.00. The first-order valence-corrected chi connectivity index (χ1v) is 11.4. The molecule has 6 rings (SSSR count). The zero-order valence-electron chi connectivity index (χ0n) is 17.9. The molecule has 0 radical (unpaired) electrons. The predicted octanol–water partition coefficient (Wildman–Crippen LogP) is 8.72. The monoisotopic (exact) mass is 499 g/mol. The Bertz CT molecular complexity index is 1720. The van der Waals surface area contributed by atoms with Crippen LogP contribution in [0.4, 0.5) is 11.4 Å². The highest BCUT2D eigenvalue weighted by Crippen LogP contribution is 2.38. The topological polar surface area (TPSA) is 88.8 Å². The van der Waals surface area contributed by atoms with Crippen LogP contribution in [0, 0.1) is 0 Å². The second-order valence-corrected chi connectivity index (χ2v) is 8.59. The average molecular weight is 500 g/mol. The van der Waals surface area contributed by atoms with Crippen molar-refractivity contribution in [2.24, 2.45) is 10.3 Å². The van der Waals surface area contributed by atoms with E-state index >= 15 is 0 Å². The van der Waals surface area contributed by atoms with E-state index in [0.29, 0.717) is 49.5 Å². The summed E-state index contributed by atoms with van der Waals surface area (Å²) < 4.78 is 10.9. The first-order valence-electron chi connectivity index (χ1n) is 10.6. The number of benzene rings is 4. The van der Waals surface area contributed by atoms with Crippen LogP contribution in [0.2, 0.25) is 10.0 Å². The van der Waals surface area contributed by atoms with Crippen LogP contribution in [-0.4, -0.2) is 10.3 Å². The molecule has 0 aliphatic heterocycles. The molecule has 0 unspecified atom stereocenters. The van der Waals surface area contributed by atoms with Crippen LogP contribution in [0.15, 0.2) is 104 Å². The fourth-order valence-corrected chi connectivity index (χ4v) is 4.23. The standard InChI is InChI=1S/C26H15Cl2N5O2/c27-15-9-11-21(19(13-15)25-17-5-1-3-7-23(17)34-31-25)29-33-30-22-12-10-16(28)14-20(22)26-18-6-2-4-8-24(18)35-32-26/h1-14H,(H,29,30). The SMILES string of the molecule is Clc1ccc(N=NNc2ccc(Cl)cc2-c2noc3ccccc23)c(-c2noc3ccccc23)c1. The van der Waals surface area contributed by atoms with Crippen molar-refractivity contribution in [2.45, 2.75) is 0 Å². The number of hydrogen-bond acceptors (Lipinski definition) is 6. The summed E-state index contributed by atoms with van der Waals surface area (Å²) in [6, 6.07) is 25.9. The molecule has 7 nitrogen and oxygen atoms in total. The molecule has 0 saturated heterocycles. The van der Waals surface area contributed by atoms with E-state index in [0.717, 1.165) is 16.3 Å². The Kier molecular flexibility index (Phi) is 5.41. The Labute approximate surface area is 208 Å². The fourth-order valence-electron chi connectivity index (χ4n) is 3.89. The molecule has 0 amide bonds. The zero-order chi connectivity index (χ0) is 23.8. The molecular weight excluding hydrogens is 485 g/mol. The molecule has 2 heterocycles. The number of nitrogens with zero attached hydrogens (tertiary/aromatic N) is 4. The van der Waals surface area contributed by atoms with Crippen LogP contribution < -0.4 is 5.43 Å². The predicted molar refractivity (Wildman–Crippen MR) is 137 cm³/mol. The van der Waals surface area contributed by atoms with Crippen molar-refractivity contribution in [3.8, 4) is 22.5 Å². The zero-order valence-corrected chi connectivity index (χ0v) is 19.5. The Hall–Kier alpha value is -4.20. The number of nitrogens with one attached hydrogen (secondary N) is 1. The van der Waals surface area contributed by atoms with E-state index in [1.165, 1.54) is 0 Å². The van der Waals surface area contributed by atoms with Gasteiger partial charge in [-0.3, -0.25) is 5.43 Å². The van der Waals surface area contributed by atoms with Crippen molar-refractivity contribution >= 4 is 56.5 Å². The number of anilines is 1. The molecule has 0 atom stereocenters. The van der Waals surface area contributed by atoms with Gasteiger partial charge in [0.25, 0.3) is 0 Å². The van der Waals surface area contributed by atoms with Crippen LogP contribution in [-0.2, 0) is 0 Å². The van der Waals surface area contributed by atoms with Gasteiger partial charge in [0.05, 0.1) is 11.4 Å². The van der Waals surface area contributed by atoms with Crippen molar-refractivity contribution in [1.82, 2.24) is 10.3 Å². The largest absolute Gasteiger partial charge is 0.356 e. The number of fused-ring (bicyclic) bond motifs is 2. The summed E-state index contributed by atoms with van der Waals surface area (Å²) in [6.45, 7) is 0. The molecule has 0 saturated carbocycles. The van der Waals surface area contributed by atoms with Crippen LogP contribution in [0.3, 0.4) is 0 Å². The quantitative estimate of drug-likeness (QED) is 0.189. The van der Waals surface area contributed by atoms with Gasteiger partial charge in [0, 0.05) is 31.9 Å². The van der Waals surface area contributed by atoms with Gasteiger partial charge in [-0.25, -0.2) is 0 Å². The van der Waals surface area contributed by atoms with Gasteiger partial charge in [-0.15, -0.1) is 5.11 Å². The van der Waals surface area contributed by atoms with Gasteiger partial charge in [0.1, 0.15) is 11.4 Å². The Morgan fingerprint density at radius 2 is 1.23 bits per heavy atom. The lowest BCUT2D eigenvalue weighted by atomic mass is 10.1. The number of halogens is 2. The molecular formula is C26H15Cl2N5O2. The first kappa shape index (κ1) is 21.3. The third-order valence-electron chi connectivity index (χ3n) is 5.53. The summed E-state index contributed by atoms with van der Waals surface area (Å²) in [7, 11) is 0. The van der Waals surface area contributed by atoms with E-state index in [4.69, 9.17) is 32.2 Å². The normalized spacial score (nSPS) is 11.6. The van der Waals surface area contributed by atoms with Gasteiger partial charge >= 0.3 is 0 Å². The Balaban J connectivity index is 1.37. The van der Waals surface area contributed by atoms with E-state index in [1.54, 1.807) is 30.3 Å². The second-order valence-electron chi connectivity index (χ2n) is 7.72. The lowest BCUT2D eigenvalue weighted by molar-refractivity contribution is 0.459. The van der Waals surface area contributed by atoms with E-state index in [2.05, 4.69) is 26.1 Å². The Morgan fingerprint density at radius 3 is 1.91 bits per heavy atom. The van der Waals surface area contributed by atoms with Crippen molar-refractivity contribution in [3.05, 3.63) is 95.0 Å². The maximum absolute atomic E-state index is 6.29. The maximum Gasteiger partial charge on any atom is 0.167 e. The minimum absolute atomic E-state index is 0.553. The summed E-state index contributed by atoms with van der Waals surface area (Å²) >= 11 is 12.6. The molecule has 35 heavy (non-hydrogen) atoms. The van der Waals surface area contributed by atoms with E-state index in [1.807, 2.05) is 54.6 Å². The molecule has 6 aromatic rings. The van der Waals surface area contributed by atoms with Gasteiger partial charge in [-0.1, -0.05) is 63.0 Å². The number of rotatable bonds is 5. The lowest BCUT2D eigenvalue weighted by Crippen LogP contribution is -1.92. The van der Waals surface area contributed by atoms with Crippen LogP contribution in [0.25, 0.3) is 44.5 Å². The van der Waals surface area contributed by atoms with Gasteiger partial charge in [0.2, 0.25) is 0 Å². The summed E-state index contributed by atoms with van der Waals surface area (Å²) in [5.74, 6) is 0. The number of hydrogen-bond donors (Lipinski definition) is 1. The highest BCUT2D eigenvalue weighted by molar-refractivity contribution is 6.31. The van der Waals surface area contributed by atoms with E-state index < -0.39 is 0 Å². The minimum atomic E-state index is 0.553. The minimum Gasteiger partial charge on any atom is -0.356 e. The van der Waals surface area contributed by atoms with Crippen molar-refractivity contribution < 1.29 is 9.05 Å². The molecule has 2 aromatic heterocycles. The molecule has 0 fully saturated rings. The second kappa shape index (κ2) is 8.87. The fraction of sp³-hybridized carbons (Fsp3) is 0. The van der Waals surface area contributed by atoms with Gasteiger partial charge in [-0.2, -0.15) is 0 Å². The maximum atomic E-state index is 6.29. The molecule has 170 valence electrons. The van der Waals surface area contributed by atoms with E-state index in [-0.39, 0.29) is 0 Å². The highest BCUT2D eigenvalue weighted by Gasteiger charge is 2.16. The summed E-state index contributed by atoms with van der Waals surface area (Å²) in [4.78, 5) is 0. The first-order chi connectivity index (χ1) is 17.2. The molecule has 1 N–H and O–H groups in total. The van der Waals surface area contributed by atoms with Crippen molar-refractivity contribution in [2.75, 3.05) is 5.43 Å². The molecule has 0 aliphatic carbocycles. The van der Waals surface area contributed by atoms with Crippen LogP contribution in [0.1, 0.15) is 0 Å². The molecule has 0 spiro atoms. The van der Waals surface area contributed by atoms with E-state index in [9.17, 15) is 0 Å². The smallest absolute Gasteiger partial charge is 0.167 e. The number of para-hydroxylation sites is 2. The summed E-state index contributed by atoms with van der Waals surface area (Å²) in [6.07, 6.45) is 0. The van der Waals surface area contributed by atoms with Crippen molar-refractivity contribution in [1.29, 1.82) is 0 Å². The molecule has 9 heteroatoms. The lowest BCUT2D eigenvalue weighted by Gasteiger charge is -2.07. The van der Waals surface area contributed by atoms with Crippen molar-refractivity contribution in [3.63, 3.8) is 0 Å². The summed E-state index contributed by atoms with van der Waals surface area (Å²) in [5, 5.41) is 20.0. The molecule has 0 bridgehead atoms. The summed E-state index contributed by atoms with van der Waals surface area (Å²) in [5.41, 5.74) is 8.33. The van der Waals surface area contributed by atoms with Crippen LogP contribution in [0.5, 0.6) is 0 Å². The highest BCUT2D eigenvalue weighted by atomic mass is 35.5. The third kappa shape index (κ3) is 4.01. The average Bonchev–Trinajstić information content (AvgIpc) is 3.50. The van der Waals surface area contributed by atoms with Crippen LogP contribution >= 0.6 is 23.2 Å². The van der Waals surface area contributed by atoms with Gasteiger partial charge in [-0.05, 0) is 60.7 Å².